The summed E-state index contributed by atoms with van der Waals surface area (Å²) in [4.78, 5) is 8.30. The molecule has 0 atom stereocenters. The predicted octanol–water partition coefficient (Wildman–Crippen LogP) is 4.93. The Labute approximate surface area is 192 Å². The molecule has 0 amide bonds. The van der Waals surface area contributed by atoms with Crippen LogP contribution in [0.1, 0.15) is 5.69 Å². The molecule has 0 fully saturated rings. The van der Waals surface area contributed by atoms with Crippen molar-refractivity contribution in [1.82, 2.24) is 14.7 Å². The summed E-state index contributed by atoms with van der Waals surface area (Å²) in [5.74, 6) is 1.48. The van der Waals surface area contributed by atoms with E-state index in [0.29, 0.717) is 11.4 Å². The topological polar surface area (TPSA) is 84.1 Å². The van der Waals surface area contributed by atoms with E-state index in [9.17, 15) is 8.42 Å². The summed E-state index contributed by atoms with van der Waals surface area (Å²) in [5.41, 5.74) is 3.47. The summed E-state index contributed by atoms with van der Waals surface area (Å²) in [6, 6.07) is 23.6. The Morgan fingerprint density at radius 2 is 1.72 bits per heavy atom. The highest BCUT2D eigenvalue weighted by molar-refractivity contribution is 7.89. The van der Waals surface area contributed by atoms with E-state index in [1.165, 1.54) is 12.1 Å². The first-order valence-electron chi connectivity index (χ1n) is 10.0. The van der Waals surface area contributed by atoms with E-state index in [0.717, 1.165) is 34.1 Å². The Morgan fingerprint density at radius 1 is 0.969 bits per heavy atom. The van der Waals surface area contributed by atoms with E-state index in [-0.39, 0.29) is 11.4 Å². The lowest BCUT2D eigenvalue weighted by Crippen LogP contribution is -2.26. The van der Waals surface area contributed by atoms with E-state index < -0.39 is 10.0 Å². The van der Waals surface area contributed by atoms with Crippen LogP contribution in [0.4, 0.5) is 0 Å². The van der Waals surface area contributed by atoms with Crippen LogP contribution in [0.2, 0.25) is 5.02 Å². The molecule has 32 heavy (non-hydrogen) atoms. The van der Waals surface area contributed by atoms with Gasteiger partial charge in [0.25, 0.3) is 0 Å². The number of aromatic nitrogens is 2. The summed E-state index contributed by atoms with van der Waals surface area (Å²) < 4.78 is 33.1. The van der Waals surface area contributed by atoms with Gasteiger partial charge in [-0.25, -0.2) is 18.1 Å². The fourth-order valence-corrected chi connectivity index (χ4v) is 4.67. The summed E-state index contributed by atoms with van der Waals surface area (Å²) in [6.45, 7) is 0.203. The van der Waals surface area contributed by atoms with Crippen LogP contribution in [-0.2, 0) is 16.4 Å². The monoisotopic (exact) mass is 467 g/mol. The van der Waals surface area contributed by atoms with E-state index in [2.05, 4.69) is 9.71 Å². The van der Waals surface area contributed by atoms with Crippen molar-refractivity contribution >= 4 is 21.6 Å². The summed E-state index contributed by atoms with van der Waals surface area (Å²) in [6.07, 6.45) is 0.432. The van der Waals surface area contributed by atoms with Crippen LogP contribution in [0.5, 0.6) is 5.75 Å². The van der Waals surface area contributed by atoms with Crippen molar-refractivity contribution in [2.24, 2.45) is 0 Å². The maximum absolute atomic E-state index is 12.6. The van der Waals surface area contributed by atoms with Crippen LogP contribution < -0.4 is 9.46 Å². The minimum Gasteiger partial charge on any atom is -0.497 e. The summed E-state index contributed by atoms with van der Waals surface area (Å²) in [7, 11) is -2.05. The zero-order chi connectivity index (χ0) is 22.6. The van der Waals surface area contributed by atoms with Crippen molar-refractivity contribution in [2.45, 2.75) is 11.3 Å². The van der Waals surface area contributed by atoms with Gasteiger partial charge in [0.2, 0.25) is 10.0 Å². The maximum Gasteiger partial charge on any atom is 0.240 e. The number of nitrogens with zero attached hydrogens (tertiary/aromatic N) is 1. The molecule has 0 saturated carbocycles. The molecule has 164 valence electrons. The van der Waals surface area contributed by atoms with E-state index in [1.54, 1.807) is 19.2 Å². The average molecular weight is 468 g/mol. The van der Waals surface area contributed by atoms with Crippen LogP contribution in [0, 0.1) is 0 Å². The fraction of sp³-hybridized carbons (Fsp3) is 0.125. The third-order valence-electron chi connectivity index (χ3n) is 4.96. The van der Waals surface area contributed by atoms with Crippen LogP contribution in [0.25, 0.3) is 22.6 Å². The Balaban J connectivity index is 1.59. The van der Waals surface area contributed by atoms with Gasteiger partial charge in [0, 0.05) is 34.8 Å². The van der Waals surface area contributed by atoms with Crippen molar-refractivity contribution < 1.29 is 13.2 Å². The third-order valence-corrected chi connectivity index (χ3v) is 6.66. The first-order valence-corrected chi connectivity index (χ1v) is 11.9. The van der Waals surface area contributed by atoms with Gasteiger partial charge in [-0.15, -0.1) is 0 Å². The predicted molar refractivity (Wildman–Crippen MR) is 126 cm³/mol. The lowest BCUT2D eigenvalue weighted by atomic mass is 10.1. The highest BCUT2D eigenvalue weighted by Gasteiger charge is 2.17. The van der Waals surface area contributed by atoms with E-state index in [1.807, 2.05) is 54.6 Å². The molecule has 4 aromatic rings. The van der Waals surface area contributed by atoms with Gasteiger partial charge in [0.05, 0.1) is 17.7 Å². The van der Waals surface area contributed by atoms with Crippen LogP contribution >= 0.6 is 11.6 Å². The highest BCUT2D eigenvalue weighted by atomic mass is 35.5. The molecule has 8 heteroatoms. The Hall–Kier alpha value is -3.13. The quantitative estimate of drug-likeness (QED) is 0.385. The van der Waals surface area contributed by atoms with Crippen LogP contribution in [-0.4, -0.2) is 32.0 Å². The highest BCUT2D eigenvalue weighted by Crippen LogP contribution is 2.28. The number of hydrogen-bond donors (Lipinski definition) is 2. The standard InChI is InChI=1S/C24H22ClN3O3S/c1-31-20-12-10-17(11-13-20)23-22(27-24(28-23)18-6-3-2-4-7-18)14-15-26-32(29,30)21-9-5-8-19(25)16-21/h2-13,16,26H,14-15H2,1H3,(H,27,28). The molecule has 1 aromatic heterocycles. The smallest absolute Gasteiger partial charge is 0.240 e. The molecule has 6 nitrogen and oxygen atoms in total. The number of halogens is 1. The number of aromatic amines is 1. The lowest BCUT2D eigenvalue weighted by Gasteiger charge is -2.08. The average Bonchev–Trinajstić information content (AvgIpc) is 3.24. The number of nitrogens with one attached hydrogen (secondary N) is 2. The molecule has 4 rings (SSSR count). The molecule has 1 heterocycles. The van der Waals surface area contributed by atoms with Gasteiger partial charge in [-0.05, 0) is 42.5 Å². The van der Waals surface area contributed by atoms with Crippen LogP contribution in [0.3, 0.4) is 0 Å². The first kappa shape index (κ1) is 22.1. The maximum atomic E-state index is 12.6. The molecule has 0 aliphatic heterocycles. The fourth-order valence-electron chi connectivity index (χ4n) is 3.34. The van der Waals surface area contributed by atoms with Crippen molar-refractivity contribution in [1.29, 1.82) is 0 Å². The Kier molecular flexibility index (Phi) is 6.60. The normalized spacial score (nSPS) is 11.4. The SMILES string of the molecule is COc1ccc(-c2nc(-c3ccccc3)[nH]c2CCNS(=O)(=O)c2cccc(Cl)c2)cc1. The minimum absolute atomic E-state index is 0.134. The molecule has 0 saturated heterocycles. The third kappa shape index (κ3) is 5.02. The summed E-state index contributed by atoms with van der Waals surface area (Å²) in [5, 5.41) is 0.371. The Bertz CT molecular complexity index is 1300. The van der Waals surface area contributed by atoms with Crippen molar-refractivity contribution in [3.05, 3.63) is 89.6 Å². The molecule has 2 N–H and O–H groups in total. The molecule has 0 aliphatic carbocycles. The number of ether oxygens (including phenoxy) is 1. The molecular formula is C24H22ClN3O3S. The molecule has 0 spiro atoms. The van der Waals surface area contributed by atoms with Gasteiger partial charge in [0.1, 0.15) is 11.6 Å². The van der Waals surface area contributed by atoms with E-state index >= 15 is 0 Å². The second-order valence-corrected chi connectivity index (χ2v) is 9.32. The second kappa shape index (κ2) is 9.56. The largest absolute Gasteiger partial charge is 0.497 e. The number of hydrogen-bond acceptors (Lipinski definition) is 4. The Morgan fingerprint density at radius 3 is 2.41 bits per heavy atom. The zero-order valence-electron chi connectivity index (χ0n) is 17.4. The van der Waals surface area contributed by atoms with Gasteiger partial charge < -0.3 is 9.72 Å². The van der Waals surface area contributed by atoms with Crippen LogP contribution in [0.15, 0.2) is 83.8 Å². The van der Waals surface area contributed by atoms with Gasteiger partial charge in [0.15, 0.2) is 0 Å². The number of methoxy groups -OCH3 is 1. The number of imidazole rings is 1. The number of sulfonamides is 1. The number of rotatable bonds is 8. The molecule has 0 unspecified atom stereocenters. The lowest BCUT2D eigenvalue weighted by molar-refractivity contribution is 0.415. The van der Waals surface area contributed by atoms with Crippen molar-refractivity contribution in [3.8, 4) is 28.4 Å². The molecular weight excluding hydrogens is 446 g/mol. The van der Waals surface area contributed by atoms with Gasteiger partial charge >= 0.3 is 0 Å². The summed E-state index contributed by atoms with van der Waals surface area (Å²) >= 11 is 5.94. The molecule has 0 radical (unpaired) electrons. The number of H-pyrrole nitrogens is 1. The molecule has 3 aromatic carbocycles. The first-order chi connectivity index (χ1) is 15.5. The van der Waals surface area contributed by atoms with E-state index in [4.69, 9.17) is 21.3 Å². The van der Waals surface area contributed by atoms with Gasteiger partial charge in [-0.1, -0.05) is 48.0 Å². The molecule has 0 bridgehead atoms. The molecule has 0 aliphatic rings. The zero-order valence-corrected chi connectivity index (χ0v) is 19.0. The second-order valence-electron chi connectivity index (χ2n) is 7.11. The van der Waals surface area contributed by atoms with Gasteiger partial charge in [-0.3, -0.25) is 0 Å². The van der Waals surface area contributed by atoms with Crippen molar-refractivity contribution in [2.75, 3.05) is 13.7 Å². The van der Waals surface area contributed by atoms with Crippen molar-refractivity contribution in [3.63, 3.8) is 0 Å². The minimum atomic E-state index is -3.67. The van der Waals surface area contributed by atoms with Gasteiger partial charge in [-0.2, -0.15) is 0 Å². The number of benzene rings is 3.